The van der Waals surface area contributed by atoms with Crippen LogP contribution in [0.15, 0.2) is 0 Å². The fourth-order valence-electron chi connectivity index (χ4n) is 14.2. The summed E-state index contributed by atoms with van der Waals surface area (Å²) in [4.78, 5) is 0. The predicted octanol–water partition coefficient (Wildman–Crippen LogP) is 10.5. The molecule has 46 heavy (non-hydrogen) atoms. The maximum Gasteiger partial charge on any atom is 0.104 e. The second-order valence-electron chi connectivity index (χ2n) is 18.7. The molecule has 0 amide bonds. The van der Waals surface area contributed by atoms with Gasteiger partial charge in [-0.15, -0.1) is 0 Å². The summed E-state index contributed by atoms with van der Waals surface area (Å²) in [6.07, 6.45) is 34.8. The summed E-state index contributed by atoms with van der Waals surface area (Å²) >= 11 is 0. The molecule has 0 aromatic heterocycles. The Labute approximate surface area is 283 Å². The molecule has 3 heteroatoms. The van der Waals surface area contributed by atoms with Crippen molar-refractivity contribution < 1.29 is 14.6 Å². The zero-order valence-corrected chi connectivity index (χ0v) is 29.7. The van der Waals surface area contributed by atoms with Gasteiger partial charge in [0.1, 0.15) is 6.10 Å². The molecule has 15 unspecified atom stereocenters. The topological polar surface area (TPSA) is 38.7 Å². The lowest BCUT2D eigenvalue weighted by Gasteiger charge is -2.74. The van der Waals surface area contributed by atoms with E-state index in [0.29, 0.717) is 6.61 Å². The molecule has 0 aromatic rings. The van der Waals surface area contributed by atoms with Gasteiger partial charge in [0.05, 0.1) is 13.2 Å². The molecule has 1 N–H and O–H groups in total. The molecule has 0 bridgehead atoms. The SMILES string of the molecule is OCC(COCCCCCCCCC1CCC2C(C1)C1C3CCC3C21)OCCCCCCCCC1CCC2C(C1)C1C3CCC3C21. The molecule has 0 saturated heterocycles. The van der Waals surface area contributed by atoms with Gasteiger partial charge in [-0.25, -0.2) is 0 Å². The molecule has 3 nitrogen and oxygen atoms in total. The minimum atomic E-state index is -0.142. The Morgan fingerprint density at radius 3 is 1.30 bits per heavy atom. The highest BCUT2D eigenvalue weighted by Gasteiger charge is 2.69. The highest BCUT2D eigenvalue weighted by molar-refractivity contribution is 5.17. The number of unbranched alkanes of at least 4 members (excludes halogenated alkanes) is 10. The number of ether oxygens (including phenoxy) is 2. The summed E-state index contributed by atoms with van der Waals surface area (Å²) in [5, 5.41) is 9.72. The average molecular weight is 637 g/mol. The lowest BCUT2D eigenvalue weighted by Crippen LogP contribution is -2.69. The van der Waals surface area contributed by atoms with Crippen LogP contribution in [-0.2, 0) is 9.47 Å². The van der Waals surface area contributed by atoms with Crippen LogP contribution >= 0.6 is 0 Å². The Balaban J connectivity index is 0.559. The van der Waals surface area contributed by atoms with Gasteiger partial charge >= 0.3 is 0 Å². The molecule has 0 spiro atoms. The highest BCUT2D eigenvalue weighted by Crippen LogP contribution is 2.75. The fraction of sp³-hybridized carbons (Fsp3) is 1.00. The maximum atomic E-state index is 9.72. The van der Waals surface area contributed by atoms with Gasteiger partial charge in [0.25, 0.3) is 0 Å². The van der Waals surface area contributed by atoms with Crippen molar-refractivity contribution in [2.75, 3.05) is 26.4 Å². The number of aliphatic hydroxyl groups excluding tert-OH is 1. The standard InChI is InChI=1S/C43H72O3/c44-27-31(46-24-12-8-4-2-6-10-14-30-16-18-37-39(26-30)43-35-22-20-33(35)41(37)43)28-45-23-11-7-3-1-5-9-13-29-15-17-36-38(25-29)42-34-21-19-32(34)40(36)42/h29-44H,1-28H2. The van der Waals surface area contributed by atoms with E-state index in [1.165, 1.54) is 136 Å². The second-order valence-corrected chi connectivity index (χ2v) is 18.7. The quantitative estimate of drug-likeness (QED) is 0.120. The van der Waals surface area contributed by atoms with Crippen molar-refractivity contribution in [2.45, 2.75) is 160 Å². The Bertz CT molecular complexity index is 938. The molecular formula is C43H72O3. The van der Waals surface area contributed by atoms with Crippen molar-refractivity contribution in [3.8, 4) is 0 Å². The van der Waals surface area contributed by atoms with Gasteiger partial charge in [-0.05, 0) is 147 Å². The van der Waals surface area contributed by atoms with E-state index in [-0.39, 0.29) is 12.7 Å². The number of hydrogen-bond donors (Lipinski definition) is 1. The van der Waals surface area contributed by atoms with Gasteiger partial charge in [0, 0.05) is 13.2 Å². The van der Waals surface area contributed by atoms with E-state index in [0.717, 1.165) is 49.7 Å². The predicted molar refractivity (Wildman–Crippen MR) is 187 cm³/mol. The van der Waals surface area contributed by atoms with Crippen LogP contribution < -0.4 is 0 Å². The molecule has 0 aliphatic heterocycles. The first-order valence-electron chi connectivity index (χ1n) is 21.6. The molecule has 262 valence electrons. The Morgan fingerprint density at radius 1 is 0.435 bits per heavy atom. The average Bonchev–Trinajstić information content (AvgIpc) is 3.05. The molecule has 8 rings (SSSR count). The number of fused-ring (bicyclic) bond motifs is 14. The number of rotatable bonds is 22. The van der Waals surface area contributed by atoms with E-state index in [9.17, 15) is 5.11 Å². The Hall–Kier alpha value is -0.120. The van der Waals surface area contributed by atoms with Gasteiger partial charge in [-0.3, -0.25) is 0 Å². The van der Waals surface area contributed by atoms with Crippen molar-refractivity contribution in [3.63, 3.8) is 0 Å². The van der Waals surface area contributed by atoms with Crippen LogP contribution in [0.5, 0.6) is 0 Å². The van der Waals surface area contributed by atoms with E-state index >= 15 is 0 Å². The molecule has 0 aromatic carbocycles. The molecular weight excluding hydrogens is 564 g/mol. The summed E-state index contributed by atoms with van der Waals surface area (Å²) < 4.78 is 11.8. The third-order valence-electron chi connectivity index (χ3n) is 16.8. The van der Waals surface area contributed by atoms with Crippen molar-refractivity contribution in [3.05, 3.63) is 0 Å². The maximum absolute atomic E-state index is 9.72. The molecule has 8 saturated carbocycles. The van der Waals surface area contributed by atoms with Crippen LogP contribution in [0, 0.1) is 82.9 Å². The molecule has 0 heterocycles. The van der Waals surface area contributed by atoms with Crippen LogP contribution in [-0.4, -0.2) is 37.6 Å². The van der Waals surface area contributed by atoms with E-state index in [1.54, 1.807) is 64.2 Å². The van der Waals surface area contributed by atoms with Gasteiger partial charge < -0.3 is 14.6 Å². The zero-order valence-electron chi connectivity index (χ0n) is 29.7. The van der Waals surface area contributed by atoms with Crippen molar-refractivity contribution in [1.82, 2.24) is 0 Å². The monoisotopic (exact) mass is 637 g/mol. The largest absolute Gasteiger partial charge is 0.394 e. The van der Waals surface area contributed by atoms with Crippen molar-refractivity contribution in [1.29, 1.82) is 0 Å². The first-order chi connectivity index (χ1) is 22.8. The summed E-state index contributed by atoms with van der Waals surface area (Å²) in [5.74, 6) is 16.4. The lowest BCUT2D eigenvalue weighted by atomic mass is 9.30. The van der Waals surface area contributed by atoms with Gasteiger partial charge in [0.2, 0.25) is 0 Å². The number of aliphatic hydroxyl groups is 1. The van der Waals surface area contributed by atoms with E-state index in [4.69, 9.17) is 9.47 Å². The van der Waals surface area contributed by atoms with Gasteiger partial charge in [0.15, 0.2) is 0 Å². The molecule has 0 radical (unpaired) electrons. The van der Waals surface area contributed by atoms with Crippen LogP contribution in [0.3, 0.4) is 0 Å². The smallest absolute Gasteiger partial charge is 0.104 e. The highest BCUT2D eigenvalue weighted by atomic mass is 16.5. The minimum Gasteiger partial charge on any atom is -0.394 e. The molecule has 8 aliphatic carbocycles. The summed E-state index contributed by atoms with van der Waals surface area (Å²) in [6.45, 7) is 2.22. The van der Waals surface area contributed by atoms with Crippen LogP contribution in [0.2, 0.25) is 0 Å². The van der Waals surface area contributed by atoms with Crippen LogP contribution in [0.4, 0.5) is 0 Å². The first kappa shape index (κ1) is 33.0. The van der Waals surface area contributed by atoms with Gasteiger partial charge in [-0.2, -0.15) is 0 Å². The van der Waals surface area contributed by atoms with Crippen molar-refractivity contribution >= 4 is 0 Å². The Kier molecular flexibility index (Phi) is 11.1. The zero-order chi connectivity index (χ0) is 30.9. The normalized spacial score (nSPS) is 44.5. The van der Waals surface area contributed by atoms with Gasteiger partial charge in [-0.1, -0.05) is 89.9 Å². The summed E-state index contributed by atoms with van der Waals surface area (Å²) in [6, 6.07) is 0. The molecule has 8 aliphatic rings. The van der Waals surface area contributed by atoms with E-state index < -0.39 is 0 Å². The number of hydrogen-bond acceptors (Lipinski definition) is 3. The summed E-state index contributed by atoms with van der Waals surface area (Å²) in [7, 11) is 0. The van der Waals surface area contributed by atoms with E-state index in [1.807, 2.05) is 0 Å². The van der Waals surface area contributed by atoms with Crippen LogP contribution in [0.1, 0.15) is 154 Å². The fourth-order valence-corrected chi connectivity index (χ4v) is 14.2. The van der Waals surface area contributed by atoms with E-state index in [2.05, 4.69) is 0 Å². The summed E-state index contributed by atoms with van der Waals surface area (Å²) in [5.41, 5.74) is 0. The molecule has 15 atom stereocenters. The third kappa shape index (κ3) is 6.56. The molecule has 8 fully saturated rings. The second kappa shape index (κ2) is 15.4. The Morgan fingerprint density at radius 2 is 0.826 bits per heavy atom. The van der Waals surface area contributed by atoms with Crippen molar-refractivity contribution in [2.24, 2.45) is 82.9 Å². The lowest BCUT2D eigenvalue weighted by molar-refractivity contribution is -0.264. The first-order valence-corrected chi connectivity index (χ1v) is 21.6. The minimum absolute atomic E-state index is 0.0795. The third-order valence-corrected chi connectivity index (χ3v) is 16.8. The van der Waals surface area contributed by atoms with Crippen LogP contribution in [0.25, 0.3) is 0 Å².